The first-order valence-electron chi connectivity index (χ1n) is 5.06. The molecule has 0 aliphatic heterocycles. The van der Waals surface area contributed by atoms with Crippen molar-refractivity contribution in [3.05, 3.63) is 0 Å². The Bertz CT molecular complexity index is 140. The number of hydrogen-bond donors (Lipinski definition) is 2. The molecule has 1 unspecified atom stereocenters. The molecule has 0 aromatic carbocycles. The minimum Gasteiger partial charge on any atom is -0.396 e. The first-order valence-corrected chi connectivity index (χ1v) is 5.06. The van der Waals surface area contributed by atoms with Crippen LogP contribution in [0.1, 0.15) is 32.6 Å². The second-order valence-electron chi connectivity index (χ2n) is 3.49. The third-order valence-electron chi connectivity index (χ3n) is 2.04. The first kappa shape index (κ1) is 12.5. The topological polar surface area (TPSA) is 32.3 Å². The smallest absolute Gasteiger partial charge is 0.0456 e. The molecule has 0 heterocycles. The fourth-order valence-corrected chi connectivity index (χ4v) is 1.11. The Balaban J connectivity index is 2.96. The molecule has 0 saturated heterocycles. The van der Waals surface area contributed by atoms with Crippen molar-refractivity contribution in [3.63, 3.8) is 0 Å². The van der Waals surface area contributed by atoms with Crippen molar-refractivity contribution in [2.24, 2.45) is 5.92 Å². The molecule has 1 atom stereocenters. The van der Waals surface area contributed by atoms with E-state index in [-0.39, 0.29) is 0 Å². The Labute approximate surface area is 81.7 Å². The molecule has 0 spiro atoms. The van der Waals surface area contributed by atoms with Crippen LogP contribution in [0, 0.1) is 18.3 Å². The van der Waals surface area contributed by atoms with Gasteiger partial charge in [-0.15, -0.1) is 12.3 Å². The maximum absolute atomic E-state index is 8.76. The van der Waals surface area contributed by atoms with E-state index in [9.17, 15) is 0 Å². The standard InChI is InChI=1S/C11H21NO/c1-3-4-5-8-12-9-6-7-11(2)10-13/h1,11-13H,4-10H2,2H3. The van der Waals surface area contributed by atoms with Crippen LogP contribution in [0.15, 0.2) is 0 Å². The summed E-state index contributed by atoms with van der Waals surface area (Å²) < 4.78 is 0. The average Bonchev–Trinajstić information content (AvgIpc) is 2.16. The Morgan fingerprint density at radius 2 is 2.08 bits per heavy atom. The summed E-state index contributed by atoms with van der Waals surface area (Å²) in [4.78, 5) is 0. The SMILES string of the molecule is C#CCCCNCCCC(C)CO. The second-order valence-corrected chi connectivity index (χ2v) is 3.49. The molecular weight excluding hydrogens is 162 g/mol. The maximum Gasteiger partial charge on any atom is 0.0456 e. The monoisotopic (exact) mass is 183 g/mol. The number of terminal acetylenes is 1. The lowest BCUT2D eigenvalue weighted by Crippen LogP contribution is -2.17. The Morgan fingerprint density at radius 1 is 1.38 bits per heavy atom. The van der Waals surface area contributed by atoms with Crippen molar-refractivity contribution in [3.8, 4) is 12.3 Å². The van der Waals surface area contributed by atoms with Crippen LogP contribution in [-0.4, -0.2) is 24.8 Å². The second kappa shape index (κ2) is 9.57. The zero-order valence-corrected chi connectivity index (χ0v) is 8.55. The van der Waals surface area contributed by atoms with Crippen LogP contribution >= 0.6 is 0 Å². The van der Waals surface area contributed by atoms with E-state index in [1.54, 1.807) is 0 Å². The lowest BCUT2D eigenvalue weighted by molar-refractivity contribution is 0.228. The van der Waals surface area contributed by atoms with Gasteiger partial charge in [0.15, 0.2) is 0 Å². The van der Waals surface area contributed by atoms with E-state index in [2.05, 4.69) is 18.2 Å². The number of aliphatic hydroxyl groups is 1. The van der Waals surface area contributed by atoms with Gasteiger partial charge in [-0.3, -0.25) is 0 Å². The molecule has 0 fully saturated rings. The van der Waals surface area contributed by atoms with Crippen LogP contribution in [0.5, 0.6) is 0 Å². The molecule has 0 aromatic rings. The van der Waals surface area contributed by atoms with Crippen LogP contribution in [-0.2, 0) is 0 Å². The van der Waals surface area contributed by atoms with Gasteiger partial charge in [0.1, 0.15) is 0 Å². The number of nitrogens with one attached hydrogen (secondary N) is 1. The third kappa shape index (κ3) is 9.39. The summed E-state index contributed by atoms with van der Waals surface area (Å²) in [6, 6.07) is 0. The minimum absolute atomic E-state index is 0.303. The van der Waals surface area contributed by atoms with E-state index < -0.39 is 0 Å². The van der Waals surface area contributed by atoms with Gasteiger partial charge in [0.05, 0.1) is 0 Å². The summed E-state index contributed by atoms with van der Waals surface area (Å²) in [5.41, 5.74) is 0. The molecule has 0 bridgehead atoms. The molecule has 2 nitrogen and oxygen atoms in total. The summed E-state index contributed by atoms with van der Waals surface area (Å²) in [5, 5.41) is 12.1. The third-order valence-corrected chi connectivity index (χ3v) is 2.04. The Kier molecular flexibility index (Phi) is 9.18. The number of aliphatic hydroxyl groups excluding tert-OH is 1. The van der Waals surface area contributed by atoms with Gasteiger partial charge < -0.3 is 10.4 Å². The molecule has 13 heavy (non-hydrogen) atoms. The summed E-state index contributed by atoms with van der Waals surface area (Å²) in [6.07, 6.45) is 9.28. The molecule has 0 amide bonds. The van der Waals surface area contributed by atoms with E-state index in [0.29, 0.717) is 12.5 Å². The highest BCUT2D eigenvalue weighted by atomic mass is 16.3. The van der Waals surface area contributed by atoms with Crippen molar-refractivity contribution in [2.45, 2.75) is 32.6 Å². The lowest BCUT2D eigenvalue weighted by atomic mass is 10.1. The molecule has 0 aliphatic rings. The predicted octanol–water partition coefficient (Wildman–Crippen LogP) is 1.40. The van der Waals surface area contributed by atoms with Crippen LogP contribution in [0.25, 0.3) is 0 Å². The molecule has 0 aromatic heterocycles. The molecule has 76 valence electrons. The van der Waals surface area contributed by atoms with Crippen molar-refractivity contribution >= 4 is 0 Å². The van der Waals surface area contributed by atoms with Crippen LogP contribution < -0.4 is 5.32 Å². The van der Waals surface area contributed by atoms with Crippen molar-refractivity contribution < 1.29 is 5.11 Å². The van der Waals surface area contributed by atoms with E-state index >= 15 is 0 Å². The molecule has 0 saturated carbocycles. The minimum atomic E-state index is 0.303. The molecule has 0 aliphatic carbocycles. The van der Waals surface area contributed by atoms with Crippen molar-refractivity contribution in [1.29, 1.82) is 0 Å². The normalized spacial score (nSPS) is 12.4. The predicted molar refractivity (Wildman–Crippen MR) is 56.4 cm³/mol. The van der Waals surface area contributed by atoms with Gasteiger partial charge in [0, 0.05) is 13.0 Å². The van der Waals surface area contributed by atoms with Gasteiger partial charge >= 0.3 is 0 Å². The highest BCUT2D eigenvalue weighted by Gasteiger charge is 1.97. The van der Waals surface area contributed by atoms with Crippen LogP contribution in [0.4, 0.5) is 0 Å². The summed E-state index contributed by atoms with van der Waals surface area (Å²) in [7, 11) is 0. The maximum atomic E-state index is 8.76. The van der Waals surface area contributed by atoms with Gasteiger partial charge in [-0.25, -0.2) is 0 Å². The highest BCUT2D eigenvalue weighted by molar-refractivity contribution is 4.83. The highest BCUT2D eigenvalue weighted by Crippen LogP contribution is 2.02. The number of unbranched alkanes of at least 4 members (excludes halogenated alkanes) is 1. The average molecular weight is 183 g/mol. The Morgan fingerprint density at radius 3 is 2.69 bits per heavy atom. The fraction of sp³-hybridized carbons (Fsp3) is 0.818. The lowest BCUT2D eigenvalue weighted by Gasteiger charge is -2.07. The van der Waals surface area contributed by atoms with Gasteiger partial charge in [0.25, 0.3) is 0 Å². The van der Waals surface area contributed by atoms with E-state index in [4.69, 9.17) is 11.5 Å². The quantitative estimate of drug-likeness (QED) is 0.440. The fourth-order valence-electron chi connectivity index (χ4n) is 1.11. The van der Waals surface area contributed by atoms with E-state index in [1.807, 2.05) is 0 Å². The van der Waals surface area contributed by atoms with E-state index in [1.165, 1.54) is 0 Å². The molecule has 0 radical (unpaired) electrons. The van der Waals surface area contributed by atoms with Gasteiger partial charge in [-0.1, -0.05) is 6.92 Å². The van der Waals surface area contributed by atoms with Gasteiger partial charge in [-0.2, -0.15) is 0 Å². The molecular formula is C11H21NO. The van der Waals surface area contributed by atoms with Crippen molar-refractivity contribution in [1.82, 2.24) is 5.32 Å². The van der Waals surface area contributed by atoms with Crippen LogP contribution in [0.3, 0.4) is 0 Å². The summed E-state index contributed by atoms with van der Waals surface area (Å²) >= 11 is 0. The zero-order chi connectivity index (χ0) is 9.94. The van der Waals surface area contributed by atoms with Gasteiger partial charge in [0.2, 0.25) is 0 Å². The summed E-state index contributed by atoms with van der Waals surface area (Å²) in [5.74, 6) is 3.05. The number of rotatable bonds is 8. The first-order chi connectivity index (χ1) is 6.31. The zero-order valence-electron chi connectivity index (χ0n) is 8.55. The van der Waals surface area contributed by atoms with Gasteiger partial charge in [-0.05, 0) is 38.3 Å². The largest absolute Gasteiger partial charge is 0.396 e. The van der Waals surface area contributed by atoms with E-state index in [0.717, 1.165) is 38.8 Å². The Hall–Kier alpha value is -0.520. The molecule has 0 rings (SSSR count). The molecule has 2 N–H and O–H groups in total. The van der Waals surface area contributed by atoms with Crippen LogP contribution in [0.2, 0.25) is 0 Å². The molecule has 2 heteroatoms. The number of hydrogen-bond acceptors (Lipinski definition) is 2. The summed E-state index contributed by atoms with van der Waals surface area (Å²) in [6.45, 7) is 4.42. The van der Waals surface area contributed by atoms with Crippen molar-refractivity contribution in [2.75, 3.05) is 19.7 Å².